The first-order valence-electron chi connectivity index (χ1n) is 2.65. The zero-order valence-corrected chi connectivity index (χ0v) is 6.38. The highest BCUT2D eigenvalue weighted by atomic mass is 79.9. The van der Waals surface area contributed by atoms with Crippen LogP contribution in [0.25, 0.3) is 0 Å². The Morgan fingerprint density at radius 2 is 2.25 bits per heavy atom. The summed E-state index contributed by atoms with van der Waals surface area (Å²) < 4.78 is 0. The molecule has 0 saturated heterocycles. The maximum Gasteiger partial charge on any atom is 0.0809 e. The van der Waals surface area contributed by atoms with Gasteiger partial charge >= 0.3 is 0 Å². The van der Waals surface area contributed by atoms with Crippen molar-refractivity contribution in [3.05, 3.63) is 0 Å². The molecule has 1 N–H and O–H groups in total. The molecular weight excluding hydrogens is 166 g/mol. The van der Waals surface area contributed by atoms with E-state index in [1.165, 1.54) is 12.8 Å². The van der Waals surface area contributed by atoms with Crippen LogP contribution in [0.2, 0.25) is 0 Å². The van der Waals surface area contributed by atoms with Crippen LogP contribution < -0.4 is 5.32 Å². The summed E-state index contributed by atoms with van der Waals surface area (Å²) in [6.07, 6.45) is 2.39. The van der Waals surface area contributed by atoms with Crippen LogP contribution in [0, 0.1) is 10.8 Å². The van der Waals surface area contributed by atoms with Gasteiger partial charge in [0.05, 0.1) is 5.54 Å². The van der Waals surface area contributed by atoms with Crippen molar-refractivity contribution in [3.63, 3.8) is 0 Å². The molecule has 0 aromatic carbocycles. The molecule has 1 fully saturated rings. The van der Waals surface area contributed by atoms with Gasteiger partial charge in [-0.2, -0.15) is 0 Å². The van der Waals surface area contributed by atoms with Gasteiger partial charge in [0, 0.05) is 15.9 Å². The van der Waals surface area contributed by atoms with E-state index in [1.807, 2.05) is 7.05 Å². The molecule has 0 aliphatic heterocycles. The van der Waals surface area contributed by atoms with E-state index in [9.17, 15) is 0 Å². The van der Waals surface area contributed by atoms with Crippen LogP contribution in [0.5, 0.6) is 0 Å². The van der Waals surface area contributed by atoms with Crippen molar-refractivity contribution in [1.29, 1.82) is 0 Å². The van der Waals surface area contributed by atoms with Crippen LogP contribution in [0.4, 0.5) is 0 Å². The van der Waals surface area contributed by atoms with E-state index < -0.39 is 0 Å². The molecule has 0 bridgehead atoms. The van der Waals surface area contributed by atoms with E-state index in [1.54, 1.807) is 0 Å². The van der Waals surface area contributed by atoms with E-state index in [2.05, 4.69) is 32.0 Å². The molecule has 1 nitrogen and oxygen atoms in total. The SMILES string of the molecule is CNC1(C#CBr)CC1. The molecule has 0 heterocycles. The Labute approximate surface area is 58.0 Å². The molecule has 0 atom stereocenters. The summed E-state index contributed by atoms with van der Waals surface area (Å²) >= 11 is 3.06. The number of nitrogens with one attached hydrogen (secondary N) is 1. The lowest BCUT2D eigenvalue weighted by atomic mass is 10.3. The topological polar surface area (TPSA) is 12.0 Å². The summed E-state index contributed by atoms with van der Waals surface area (Å²) in [5.41, 5.74) is 0.184. The van der Waals surface area contributed by atoms with Gasteiger partial charge in [0.15, 0.2) is 0 Å². The monoisotopic (exact) mass is 173 g/mol. The van der Waals surface area contributed by atoms with Crippen LogP contribution in [-0.2, 0) is 0 Å². The van der Waals surface area contributed by atoms with Gasteiger partial charge in [-0.15, -0.1) is 0 Å². The second-order valence-corrected chi connectivity index (χ2v) is 2.45. The first kappa shape index (κ1) is 6.12. The van der Waals surface area contributed by atoms with Crippen LogP contribution in [0.1, 0.15) is 12.8 Å². The molecule has 0 unspecified atom stereocenters. The minimum absolute atomic E-state index is 0.184. The lowest BCUT2D eigenvalue weighted by Gasteiger charge is -2.00. The third-order valence-corrected chi connectivity index (χ3v) is 1.71. The minimum atomic E-state index is 0.184. The predicted molar refractivity (Wildman–Crippen MR) is 37.7 cm³/mol. The third-order valence-electron chi connectivity index (χ3n) is 1.52. The van der Waals surface area contributed by atoms with Gasteiger partial charge in [-0.3, -0.25) is 0 Å². The first-order chi connectivity index (χ1) is 3.83. The molecule has 1 saturated carbocycles. The van der Waals surface area contributed by atoms with Gasteiger partial charge in [-0.1, -0.05) is 5.92 Å². The number of halogens is 1. The molecule has 2 heteroatoms. The largest absolute Gasteiger partial charge is 0.304 e. The second kappa shape index (κ2) is 2.08. The van der Waals surface area contributed by atoms with Crippen LogP contribution in [-0.4, -0.2) is 12.6 Å². The van der Waals surface area contributed by atoms with Crippen LogP contribution in [0.3, 0.4) is 0 Å². The average molecular weight is 174 g/mol. The Morgan fingerprint density at radius 1 is 1.62 bits per heavy atom. The molecule has 0 aromatic rings. The highest BCUT2D eigenvalue weighted by molar-refractivity contribution is 9.12. The van der Waals surface area contributed by atoms with E-state index in [0.717, 1.165) is 0 Å². The molecule has 1 aliphatic carbocycles. The van der Waals surface area contributed by atoms with Gasteiger partial charge in [-0.05, 0) is 24.7 Å². The number of hydrogen-bond donors (Lipinski definition) is 1. The zero-order chi connectivity index (χ0) is 6.04. The van der Waals surface area contributed by atoms with Gasteiger partial charge in [0.1, 0.15) is 0 Å². The molecule has 0 spiro atoms. The minimum Gasteiger partial charge on any atom is -0.304 e. The normalized spacial score (nSPS) is 21.2. The highest BCUT2D eigenvalue weighted by Crippen LogP contribution is 2.33. The Kier molecular flexibility index (Phi) is 1.59. The molecule has 0 amide bonds. The number of hydrogen-bond acceptors (Lipinski definition) is 1. The third kappa shape index (κ3) is 1.04. The molecule has 44 valence electrons. The molecule has 8 heavy (non-hydrogen) atoms. The zero-order valence-electron chi connectivity index (χ0n) is 4.79. The van der Waals surface area contributed by atoms with E-state index in [-0.39, 0.29) is 5.54 Å². The van der Waals surface area contributed by atoms with Crippen molar-refractivity contribution in [2.45, 2.75) is 18.4 Å². The van der Waals surface area contributed by atoms with Gasteiger partial charge in [0.25, 0.3) is 0 Å². The van der Waals surface area contributed by atoms with E-state index in [4.69, 9.17) is 0 Å². The van der Waals surface area contributed by atoms with Crippen molar-refractivity contribution in [1.82, 2.24) is 5.32 Å². The van der Waals surface area contributed by atoms with Crippen molar-refractivity contribution in [3.8, 4) is 10.8 Å². The van der Waals surface area contributed by atoms with Gasteiger partial charge in [-0.25, -0.2) is 0 Å². The summed E-state index contributed by atoms with van der Waals surface area (Å²) in [7, 11) is 1.95. The molecule has 0 aromatic heterocycles. The van der Waals surface area contributed by atoms with Crippen molar-refractivity contribution in [2.24, 2.45) is 0 Å². The summed E-state index contributed by atoms with van der Waals surface area (Å²) in [4.78, 5) is 2.72. The van der Waals surface area contributed by atoms with Crippen LogP contribution in [0.15, 0.2) is 0 Å². The van der Waals surface area contributed by atoms with Gasteiger partial charge in [0.2, 0.25) is 0 Å². The Bertz CT molecular complexity index is 138. The fourth-order valence-corrected chi connectivity index (χ4v) is 1.03. The fraction of sp³-hybridized carbons (Fsp3) is 0.667. The Morgan fingerprint density at radius 3 is 2.38 bits per heavy atom. The maximum absolute atomic E-state index is 3.15. The summed E-state index contributed by atoms with van der Waals surface area (Å²) in [6.45, 7) is 0. The Balaban J connectivity index is 2.49. The molecule has 0 radical (unpaired) electrons. The lowest BCUT2D eigenvalue weighted by Crippen LogP contribution is -2.24. The summed E-state index contributed by atoms with van der Waals surface area (Å²) in [6, 6.07) is 0. The quantitative estimate of drug-likeness (QED) is 0.587. The van der Waals surface area contributed by atoms with E-state index in [0.29, 0.717) is 0 Å². The molecular formula is C6H8BrN. The molecule has 1 rings (SSSR count). The first-order valence-corrected chi connectivity index (χ1v) is 3.44. The fourth-order valence-electron chi connectivity index (χ4n) is 0.653. The highest BCUT2D eigenvalue weighted by Gasteiger charge is 2.39. The average Bonchev–Trinajstić information content (AvgIpc) is 2.50. The smallest absolute Gasteiger partial charge is 0.0809 e. The lowest BCUT2D eigenvalue weighted by molar-refractivity contribution is 0.693. The summed E-state index contributed by atoms with van der Waals surface area (Å²) in [5, 5.41) is 3.15. The van der Waals surface area contributed by atoms with Crippen molar-refractivity contribution >= 4 is 15.9 Å². The van der Waals surface area contributed by atoms with Crippen LogP contribution >= 0.6 is 15.9 Å². The second-order valence-electron chi connectivity index (χ2n) is 2.05. The van der Waals surface area contributed by atoms with Crippen molar-refractivity contribution < 1.29 is 0 Å². The maximum atomic E-state index is 3.15. The predicted octanol–water partition coefficient (Wildman–Crippen LogP) is 1.09. The van der Waals surface area contributed by atoms with Gasteiger partial charge < -0.3 is 5.32 Å². The Hall–Kier alpha value is 0. The number of rotatable bonds is 1. The summed E-state index contributed by atoms with van der Waals surface area (Å²) in [5.74, 6) is 3.04. The molecule has 1 aliphatic rings. The standard InChI is InChI=1S/C6H8BrN/c1-8-6(2-3-6)4-5-7/h8H,2-3H2,1H3. The van der Waals surface area contributed by atoms with E-state index >= 15 is 0 Å². The van der Waals surface area contributed by atoms with Crippen molar-refractivity contribution in [2.75, 3.05) is 7.05 Å².